The second-order valence-corrected chi connectivity index (χ2v) is 7.09. The molecule has 0 aromatic heterocycles. The van der Waals surface area contributed by atoms with Crippen LogP contribution >= 0.6 is 0 Å². The minimum atomic E-state index is -4.12. The monoisotopic (exact) mass is 349 g/mol. The molecule has 0 amide bonds. The van der Waals surface area contributed by atoms with Crippen LogP contribution in [0.25, 0.3) is 0 Å². The Bertz CT molecular complexity index is 674. The highest BCUT2D eigenvalue weighted by atomic mass is 32.2. The van der Waals surface area contributed by atoms with Gasteiger partial charge >= 0.3 is 5.97 Å². The lowest BCUT2D eigenvalue weighted by Gasteiger charge is -2.27. The van der Waals surface area contributed by atoms with E-state index in [0.717, 1.165) is 6.07 Å². The molecule has 0 bridgehead atoms. The van der Waals surface area contributed by atoms with Crippen molar-refractivity contribution in [3.05, 3.63) is 29.8 Å². The molecule has 1 aliphatic heterocycles. The number of rotatable bonds is 6. The molecule has 2 rings (SSSR count). The van der Waals surface area contributed by atoms with Crippen LogP contribution in [0, 0.1) is 23.5 Å². The van der Waals surface area contributed by atoms with Crippen molar-refractivity contribution in [2.24, 2.45) is 11.8 Å². The van der Waals surface area contributed by atoms with Gasteiger partial charge in [0.2, 0.25) is 10.0 Å². The smallest absolute Gasteiger partial charge is 0.308 e. The van der Waals surface area contributed by atoms with Gasteiger partial charge in [0, 0.05) is 19.8 Å². The van der Waals surface area contributed by atoms with Gasteiger partial charge in [-0.1, -0.05) is 0 Å². The second-order valence-electron chi connectivity index (χ2n) is 5.32. The van der Waals surface area contributed by atoms with Crippen LogP contribution in [-0.4, -0.2) is 39.3 Å². The first-order valence-electron chi connectivity index (χ1n) is 7.06. The van der Waals surface area contributed by atoms with Crippen LogP contribution in [0.5, 0.6) is 0 Å². The summed E-state index contributed by atoms with van der Waals surface area (Å²) in [5.74, 6) is -4.65. The van der Waals surface area contributed by atoms with Crippen molar-refractivity contribution >= 4 is 16.0 Å². The lowest BCUT2D eigenvalue weighted by atomic mass is 9.86. The predicted molar refractivity (Wildman–Crippen MR) is 76.2 cm³/mol. The molecule has 1 unspecified atom stereocenters. The Kier molecular flexibility index (Phi) is 5.66. The third kappa shape index (κ3) is 4.46. The molecule has 1 heterocycles. The number of hydrogen-bond acceptors (Lipinski definition) is 4. The molecule has 0 radical (unpaired) electrons. The number of hydrogen-bond donors (Lipinski definition) is 2. The molecule has 1 aliphatic rings. The summed E-state index contributed by atoms with van der Waals surface area (Å²) in [4.78, 5) is 10.9. The molecule has 0 spiro atoms. The summed E-state index contributed by atoms with van der Waals surface area (Å²) < 4.78 is 57.5. The number of halogens is 2. The number of sulfonamides is 1. The first-order chi connectivity index (χ1) is 10.8. The highest BCUT2D eigenvalue weighted by Gasteiger charge is 2.31. The van der Waals surface area contributed by atoms with Crippen LogP contribution in [0.4, 0.5) is 8.78 Å². The van der Waals surface area contributed by atoms with Gasteiger partial charge in [-0.2, -0.15) is 0 Å². The van der Waals surface area contributed by atoms with E-state index in [9.17, 15) is 27.1 Å². The SMILES string of the molecule is O=C(O)C(CNS(=O)(=O)c1ccc(F)c(F)c1)C1CCOCC1. The van der Waals surface area contributed by atoms with E-state index in [4.69, 9.17) is 4.74 Å². The average molecular weight is 349 g/mol. The minimum Gasteiger partial charge on any atom is -0.481 e. The zero-order valence-electron chi connectivity index (χ0n) is 12.2. The molecule has 128 valence electrons. The van der Waals surface area contributed by atoms with Crippen LogP contribution < -0.4 is 4.72 Å². The quantitative estimate of drug-likeness (QED) is 0.809. The summed E-state index contributed by atoms with van der Waals surface area (Å²) in [7, 11) is -4.12. The van der Waals surface area contributed by atoms with E-state index in [1.807, 2.05) is 0 Å². The second kappa shape index (κ2) is 7.33. The topological polar surface area (TPSA) is 92.7 Å². The van der Waals surface area contributed by atoms with Crippen LogP contribution in [0.2, 0.25) is 0 Å². The number of carbonyl (C=O) groups is 1. The van der Waals surface area contributed by atoms with Crippen LogP contribution in [0.3, 0.4) is 0 Å². The van der Waals surface area contributed by atoms with Crippen molar-refractivity contribution in [3.63, 3.8) is 0 Å². The largest absolute Gasteiger partial charge is 0.481 e. The Morgan fingerprint density at radius 1 is 1.30 bits per heavy atom. The van der Waals surface area contributed by atoms with E-state index in [0.29, 0.717) is 38.2 Å². The molecule has 1 atom stereocenters. The van der Waals surface area contributed by atoms with E-state index in [-0.39, 0.29) is 12.5 Å². The molecule has 9 heteroatoms. The van der Waals surface area contributed by atoms with Crippen LogP contribution in [0.15, 0.2) is 23.1 Å². The van der Waals surface area contributed by atoms with Crippen molar-refractivity contribution < 1.29 is 31.8 Å². The van der Waals surface area contributed by atoms with E-state index in [1.165, 1.54) is 0 Å². The fourth-order valence-electron chi connectivity index (χ4n) is 2.50. The lowest BCUT2D eigenvalue weighted by molar-refractivity contribution is -0.144. The highest BCUT2D eigenvalue weighted by Crippen LogP contribution is 2.24. The standard InChI is InChI=1S/C14H17F2NO5S/c15-12-2-1-10(7-13(12)16)23(20,21)17-8-11(14(18)19)9-3-5-22-6-4-9/h1-2,7,9,11,17H,3-6,8H2,(H,18,19). The summed E-state index contributed by atoms with van der Waals surface area (Å²) in [6.07, 6.45) is 1.06. The van der Waals surface area contributed by atoms with Gasteiger partial charge in [-0.15, -0.1) is 0 Å². The molecule has 1 fully saturated rings. The molecule has 6 nitrogen and oxygen atoms in total. The van der Waals surface area contributed by atoms with Crippen molar-refractivity contribution in [2.75, 3.05) is 19.8 Å². The molecular weight excluding hydrogens is 332 g/mol. The highest BCUT2D eigenvalue weighted by molar-refractivity contribution is 7.89. The lowest BCUT2D eigenvalue weighted by Crippen LogP contribution is -2.39. The van der Waals surface area contributed by atoms with Gasteiger partial charge in [0.05, 0.1) is 10.8 Å². The Labute approximate surface area is 132 Å². The van der Waals surface area contributed by atoms with Gasteiger partial charge in [-0.05, 0) is 37.0 Å². The summed E-state index contributed by atoms with van der Waals surface area (Å²) in [5.41, 5.74) is 0. The fraction of sp³-hybridized carbons (Fsp3) is 0.500. The van der Waals surface area contributed by atoms with Gasteiger partial charge in [-0.25, -0.2) is 21.9 Å². The molecule has 0 saturated carbocycles. The average Bonchev–Trinajstić information content (AvgIpc) is 2.50. The number of carboxylic acids is 1. The normalized spacial score (nSPS) is 17.8. The molecule has 0 aliphatic carbocycles. The van der Waals surface area contributed by atoms with Crippen LogP contribution in [-0.2, 0) is 19.6 Å². The van der Waals surface area contributed by atoms with Gasteiger partial charge in [0.15, 0.2) is 11.6 Å². The predicted octanol–water partition coefficient (Wildman–Crippen LogP) is 1.37. The van der Waals surface area contributed by atoms with Crippen molar-refractivity contribution in [1.29, 1.82) is 0 Å². The molecule has 1 aromatic rings. The summed E-state index contributed by atoms with van der Waals surface area (Å²) in [6.45, 7) is 0.552. The van der Waals surface area contributed by atoms with E-state index in [1.54, 1.807) is 0 Å². The van der Waals surface area contributed by atoms with Crippen molar-refractivity contribution in [2.45, 2.75) is 17.7 Å². The Morgan fingerprint density at radius 3 is 2.52 bits per heavy atom. The maximum absolute atomic E-state index is 13.2. The Morgan fingerprint density at radius 2 is 1.96 bits per heavy atom. The molecule has 1 saturated heterocycles. The minimum absolute atomic E-state index is 0.200. The number of aliphatic carboxylic acids is 1. The maximum atomic E-state index is 13.2. The number of ether oxygens (including phenoxy) is 1. The number of benzene rings is 1. The molecule has 1 aromatic carbocycles. The van der Waals surface area contributed by atoms with E-state index >= 15 is 0 Å². The molecular formula is C14H17F2NO5S. The van der Waals surface area contributed by atoms with Crippen molar-refractivity contribution in [3.8, 4) is 0 Å². The van der Waals surface area contributed by atoms with E-state index in [2.05, 4.69) is 4.72 Å². The number of carboxylic acid groups (broad SMARTS) is 1. The first kappa shape index (κ1) is 17.8. The fourth-order valence-corrected chi connectivity index (χ4v) is 3.57. The zero-order chi connectivity index (χ0) is 17.0. The Balaban J connectivity index is 2.09. The molecule has 2 N–H and O–H groups in total. The van der Waals surface area contributed by atoms with Gasteiger partial charge in [0.1, 0.15) is 0 Å². The third-order valence-electron chi connectivity index (χ3n) is 3.85. The maximum Gasteiger partial charge on any atom is 0.308 e. The van der Waals surface area contributed by atoms with Crippen molar-refractivity contribution in [1.82, 2.24) is 4.72 Å². The van der Waals surface area contributed by atoms with Gasteiger partial charge < -0.3 is 9.84 Å². The van der Waals surface area contributed by atoms with Gasteiger partial charge in [-0.3, -0.25) is 4.79 Å². The molecule has 23 heavy (non-hydrogen) atoms. The van der Waals surface area contributed by atoms with Crippen LogP contribution in [0.1, 0.15) is 12.8 Å². The number of nitrogens with one attached hydrogen (secondary N) is 1. The third-order valence-corrected chi connectivity index (χ3v) is 5.27. The summed E-state index contributed by atoms with van der Waals surface area (Å²) >= 11 is 0. The Hall–Kier alpha value is -1.58. The summed E-state index contributed by atoms with van der Waals surface area (Å²) in [5, 5.41) is 9.29. The zero-order valence-corrected chi connectivity index (χ0v) is 13.0. The first-order valence-corrected chi connectivity index (χ1v) is 8.55. The summed E-state index contributed by atoms with van der Waals surface area (Å²) in [6, 6.07) is 2.18. The van der Waals surface area contributed by atoms with Gasteiger partial charge in [0.25, 0.3) is 0 Å². The van der Waals surface area contributed by atoms with E-state index < -0.39 is 38.4 Å².